The summed E-state index contributed by atoms with van der Waals surface area (Å²) < 4.78 is 37.9. The van der Waals surface area contributed by atoms with Gasteiger partial charge in [-0.3, -0.25) is 0 Å². The number of rotatable bonds is 3. The lowest BCUT2D eigenvalue weighted by atomic mass is 10.1. The normalized spacial score (nSPS) is 16.3. The Morgan fingerprint density at radius 3 is 2.53 bits per heavy atom. The topological polar surface area (TPSA) is 35.8 Å². The summed E-state index contributed by atoms with van der Waals surface area (Å²) in [6.45, 7) is 0.760. The summed E-state index contributed by atoms with van der Waals surface area (Å²) in [5.74, 6) is 0.591. The van der Waals surface area contributed by atoms with Crippen LogP contribution in [0.1, 0.15) is 36.8 Å². The van der Waals surface area contributed by atoms with Crippen molar-refractivity contribution >= 4 is 5.69 Å². The fourth-order valence-electron chi connectivity index (χ4n) is 2.47. The van der Waals surface area contributed by atoms with E-state index in [-0.39, 0.29) is 5.56 Å². The molecule has 102 valence electrons. The highest BCUT2D eigenvalue weighted by Gasteiger charge is 2.33. The second-order valence-corrected chi connectivity index (χ2v) is 4.90. The van der Waals surface area contributed by atoms with E-state index in [0.717, 1.165) is 12.6 Å². The van der Waals surface area contributed by atoms with E-state index in [1.807, 2.05) is 0 Å². The van der Waals surface area contributed by atoms with E-state index >= 15 is 0 Å². The first-order valence-corrected chi connectivity index (χ1v) is 6.36. The molecule has 5 heteroatoms. The predicted molar refractivity (Wildman–Crippen MR) is 66.6 cm³/mol. The Bertz CT molecular complexity index is 482. The molecule has 2 rings (SSSR count). The number of anilines is 1. The van der Waals surface area contributed by atoms with E-state index in [0.29, 0.717) is 11.6 Å². The Morgan fingerprint density at radius 1 is 1.26 bits per heavy atom. The monoisotopic (exact) mass is 268 g/mol. The van der Waals surface area contributed by atoms with Gasteiger partial charge in [-0.25, -0.2) is 0 Å². The molecule has 0 saturated heterocycles. The SMILES string of the molecule is N#Cc1cc(NCC2CCCC2)ccc1C(F)(F)F. The van der Waals surface area contributed by atoms with Crippen molar-refractivity contribution in [3.05, 3.63) is 29.3 Å². The maximum atomic E-state index is 12.6. The molecule has 0 aromatic heterocycles. The molecule has 1 saturated carbocycles. The molecule has 0 spiro atoms. The van der Waals surface area contributed by atoms with E-state index in [1.54, 1.807) is 6.07 Å². The van der Waals surface area contributed by atoms with Gasteiger partial charge in [-0.15, -0.1) is 0 Å². The molecule has 2 nitrogen and oxygen atoms in total. The van der Waals surface area contributed by atoms with Gasteiger partial charge < -0.3 is 5.32 Å². The van der Waals surface area contributed by atoms with Crippen molar-refractivity contribution in [1.82, 2.24) is 0 Å². The third-order valence-electron chi connectivity index (χ3n) is 3.52. The first-order chi connectivity index (χ1) is 9.00. The minimum Gasteiger partial charge on any atom is -0.385 e. The predicted octanol–water partition coefficient (Wildman–Crippen LogP) is 4.18. The van der Waals surface area contributed by atoms with Crippen molar-refractivity contribution in [2.24, 2.45) is 5.92 Å². The summed E-state index contributed by atoms with van der Waals surface area (Å²) in [6.07, 6.45) is 0.304. The molecule has 1 N–H and O–H groups in total. The smallest absolute Gasteiger partial charge is 0.385 e. The van der Waals surface area contributed by atoms with Crippen LogP contribution >= 0.6 is 0 Å². The number of hydrogen-bond donors (Lipinski definition) is 1. The van der Waals surface area contributed by atoms with Gasteiger partial charge >= 0.3 is 6.18 Å². The standard InChI is InChI=1S/C14H15F3N2/c15-14(16,17)13-6-5-12(7-11(13)8-18)19-9-10-3-1-2-4-10/h5-7,10,19H,1-4,9H2. The van der Waals surface area contributed by atoms with Crippen molar-refractivity contribution in [2.45, 2.75) is 31.9 Å². The van der Waals surface area contributed by atoms with E-state index in [2.05, 4.69) is 5.32 Å². The van der Waals surface area contributed by atoms with Crippen LogP contribution in [0, 0.1) is 17.2 Å². The number of benzene rings is 1. The third-order valence-corrected chi connectivity index (χ3v) is 3.52. The van der Waals surface area contributed by atoms with Gasteiger partial charge in [-0.05, 0) is 37.0 Å². The fourth-order valence-corrected chi connectivity index (χ4v) is 2.47. The van der Waals surface area contributed by atoms with E-state index in [1.165, 1.54) is 37.8 Å². The highest BCUT2D eigenvalue weighted by atomic mass is 19.4. The lowest BCUT2D eigenvalue weighted by Crippen LogP contribution is -2.12. The molecule has 0 radical (unpaired) electrons. The zero-order valence-corrected chi connectivity index (χ0v) is 10.4. The van der Waals surface area contributed by atoms with Crippen LogP contribution < -0.4 is 5.32 Å². The number of nitrogens with zero attached hydrogens (tertiary/aromatic N) is 1. The average molecular weight is 268 g/mol. The lowest BCUT2D eigenvalue weighted by molar-refractivity contribution is -0.137. The van der Waals surface area contributed by atoms with Crippen LogP contribution in [0.5, 0.6) is 0 Å². The Balaban J connectivity index is 2.08. The zero-order chi connectivity index (χ0) is 13.9. The Hall–Kier alpha value is -1.70. The highest BCUT2D eigenvalue weighted by Crippen LogP contribution is 2.33. The van der Waals surface area contributed by atoms with Crippen molar-refractivity contribution in [3.63, 3.8) is 0 Å². The molecule has 1 aliphatic rings. The van der Waals surface area contributed by atoms with Crippen molar-refractivity contribution in [2.75, 3.05) is 11.9 Å². The zero-order valence-electron chi connectivity index (χ0n) is 10.4. The van der Waals surface area contributed by atoms with Gasteiger partial charge in [-0.2, -0.15) is 18.4 Å². The Morgan fingerprint density at radius 2 is 1.95 bits per heavy atom. The molecule has 0 heterocycles. The highest BCUT2D eigenvalue weighted by molar-refractivity contribution is 5.53. The summed E-state index contributed by atoms with van der Waals surface area (Å²) in [5, 5.41) is 11.9. The molecule has 1 aliphatic carbocycles. The summed E-state index contributed by atoms with van der Waals surface area (Å²) in [4.78, 5) is 0. The molecule has 0 bridgehead atoms. The lowest BCUT2D eigenvalue weighted by Gasteiger charge is -2.14. The van der Waals surface area contributed by atoms with Crippen LogP contribution in [0.4, 0.5) is 18.9 Å². The van der Waals surface area contributed by atoms with Crippen LogP contribution in [0.2, 0.25) is 0 Å². The van der Waals surface area contributed by atoms with Crippen molar-refractivity contribution < 1.29 is 13.2 Å². The van der Waals surface area contributed by atoms with Crippen LogP contribution in [0.3, 0.4) is 0 Å². The summed E-state index contributed by atoms with van der Waals surface area (Å²) in [6, 6.07) is 5.24. The summed E-state index contributed by atoms with van der Waals surface area (Å²) in [7, 11) is 0. The maximum Gasteiger partial charge on any atom is 0.417 e. The number of hydrogen-bond acceptors (Lipinski definition) is 2. The molecule has 0 aliphatic heterocycles. The third kappa shape index (κ3) is 3.40. The molecular weight excluding hydrogens is 253 g/mol. The van der Waals surface area contributed by atoms with E-state index in [4.69, 9.17) is 5.26 Å². The van der Waals surface area contributed by atoms with Crippen LogP contribution in [0.25, 0.3) is 0 Å². The summed E-state index contributed by atoms with van der Waals surface area (Å²) in [5.41, 5.74) is -0.623. The second kappa shape index (κ2) is 5.52. The van der Waals surface area contributed by atoms with Crippen LogP contribution in [-0.2, 0) is 6.18 Å². The van der Waals surface area contributed by atoms with E-state index < -0.39 is 11.7 Å². The van der Waals surface area contributed by atoms with Crippen molar-refractivity contribution in [1.29, 1.82) is 5.26 Å². The molecule has 19 heavy (non-hydrogen) atoms. The number of nitriles is 1. The maximum absolute atomic E-state index is 12.6. The first kappa shape index (κ1) is 13.7. The Labute approximate surface area is 110 Å². The Kier molecular flexibility index (Phi) is 3.98. The van der Waals surface area contributed by atoms with Crippen molar-refractivity contribution in [3.8, 4) is 6.07 Å². The second-order valence-electron chi connectivity index (χ2n) is 4.90. The van der Waals surface area contributed by atoms with E-state index in [9.17, 15) is 13.2 Å². The minimum atomic E-state index is -4.48. The summed E-state index contributed by atoms with van der Waals surface area (Å²) >= 11 is 0. The van der Waals surface area contributed by atoms with Gasteiger partial charge in [-0.1, -0.05) is 12.8 Å². The molecule has 0 atom stereocenters. The van der Waals surface area contributed by atoms with Gasteiger partial charge in [0.05, 0.1) is 17.2 Å². The molecule has 0 amide bonds. The minimum absolute atomic E-state index is 0.330. The largest absolute Gasteiger partial charge is 0.417 e. The first-order valence-electron chi connectivity index (χ1n) is 6.36. The number of halogens is 3. The molecule has 0 unspecified atom stereocenters. The number of nitrogens with one attached hydrogen (secondary N) is 1. The molecule has 1 aromatic rings. The van der Waals surface area contributed by atoms with Crippen LogP contribution in [-0.4, -0.2) is 6.54 Å². The van der Waals surface area contributed by atoms with Gasteiger partial charge in [0, 0.05) is 12.2 Å². The van der Waals surface area contributed by atoms with Gasteiger partial charge in [0.15, 0.2) is 0 Å². The van der Waals surface area contributed by atoms with Gasteiger partial charge in [0.2, 0.25) is 0 Å². The van der Waals surface area contributed by atoms with Gasteiger partial charge in [0.25, 0.3) is 0 Å². The molecule has 1 fully saturated rings. The fraction of sp³-hybridized carbons (Fsp3) is 0.500. The molecule has 1 aromatic carbocycles. The number of alkyl halides is 3. The molecular formula is C14H15F3N2. The van der Waals surface area contributed by atoms with Gasteiger partial charge in [0.1, 0.15) is 0 Å². The van der Waals surface area contributed by atoms with Crippen LogP contribution in [0.15, 0.2) is 18.2 Å². The quantitative estimate of drug-likeness (QED) is 0.892. The average Bonchev–Trinajstić information content (AvgIpc) is 2.88.